The normalized spacial score (nSPS) is 17.9. The van der Waals surface area contributed by atoms with Gasteiger partial charge in [0.05, 0.1) is 11.7 Å². The molecule has 0 spiro atoms. The lowest BCUT2D eigenvalue weighted by molar-refractivity contribution is -0.134. The van der Waals surface area contributed by atoms with Gasteiger partial charge in [0.1, 0.15) is 11.6 Å². The second-order valence-corrected chi connectivity index (χ2v) is 6.91. The van der Waals surface area contributed by atoms with Crippen molar-refractivity contribution in [1.82, 2.24) is 19.6 Å². The van der Waals surface area contributed by atoms with E-state index in [4.69, 9.17) is 4.52 Å². The van der Waals surface area contributed by atoms with Crippen molar-refractivity contribution in [3.63, 3.8) is 0 Å². The van der Waals surface area contributed by atoms with Crippen molar-refractivity contribution in [2.24, 2.45) is 5.92 Å². The van der Waals surface area contributed by atoms with Gasteiger partial charge in [-0.25, -0.2) is 4.98 Å². The highest BCUT2D eigenvalue weighted by molar-refractivity contribution is 5.77. The van der Waals surface area contributed by atoms with E-state index in [9.17, 15) is 4.79 Å². The monoisotopic (exact) mass is 330 g/mol. The van der Waals surface area contributed by atoms with Crippen molar-refractivity contribution >= 4 is 5.91 Å². The third kappa shape index (κ3) is 3.09. The minimum Gasteiger partial charge on any atom is -0.361 e. The number of hydrogen-bond donors (Lipinski definition) is 0. The molecule has 3 rings (SSSR count). The number of fused-ring (bicyclic) bond motifs is 1. The Bertz CT molecular complexity index is 697. The van der Waals surface area contributed by atoms with Gasteiger partial charge in [-0.3, -0.25) is 4.79 Å². The number of amides is 1. The third-order valence-corrected chi connectivity index (χ3v) is 4.87. The zero-order valence-electron chi connectivity index (χ0n) is 15.0. The number of carbonyl (C=O) groups is 1. The molecule has 2 aromatic heterocycles. The zero-order valence-corrected chi connectivity index (χ0v) is 15.0. The van der Waals surface area contributed by atoms with Crippen molar-refractivity contribution in [3.8, 4) is 0 Å². The molecule has 1 aliphatic rings. The van der Waals surface area contributed by atoms with Gasteiger partial charge in [0.25, 0.3) is 0 Å². The SMILES string of the molecule is Cc1noc(C)c1CCC(=O)N1CCCn2ccnc2C1C(C)C. The van der Waals surface area contributed by atoms with Crippen LogP contribution in [0.5, 0.6) is 0 Å². The topological polar surface area (TPSA) is 64.2 Å². The van der Waals surface area contributed by atoms with Gasteiger partial charge in [0, 0.05) is 37.5 Å². The van der Waals surface area contributed by atoms with Crippen LogP contribution in [-0.2, 0) is 17.8 Å². The number of hydrogen-bond acceptors (Lipinski definition) is 4. The molecule has 2 aromatic rings. The number of rotatable bonds is 4. The molecule has 0 fully saturated rings. The van der Waals surface area contributed by atoms with E-state index in [0.717, 1.165) is 42.4 Å². The van der Waals surface area contributed by atoms with E-state index in [-0.39, 0.29) is 11.9 Å². The molecule has 1 atom stereocenters. The van der Waals surface area contributed by atoms with Crippen LogP contribution < -0.4 is 0 Å². The van der Waals surface area contributed by atoms with Crippen LogP contribution >= 0.6 is 0 Å². The lowest BCUT2D eigenvalue weighted by atomic mass is 10.0. The molecule has 0 aromatic carbocycles. The predicted octanol–water partition coefficient (Wildman–Crippen LogP) is 3.05. The summed E-state index contributed by atoms with van der Waals surface area (Å²) in [5.74, 6) is 2.33. The minimum atomic E-state index is 0.0414. The standard InChI is InChI=1S/C18H26N4O2/c1-12(2)17-18-19-8-11-21(18)9-5-10-22(17)16(23)7-6-15-13(3)20-24-14(15)4/h8,11-12,17H,5-7,9-10H2,1-4H3. The van der Waals surface area contributed by atoms with E-state index in [1.165, 1.54) is 0 Å². The van der Waals surface area contributed by atoms with Crippen LogP contribution in [0.4, 0.5) is 0 Å². The highest BCUT2D eigenvalue weighted by Gasteiger charge is 2.32. The van der Waals surface area contributed by atoms with E-state index < -0.39 is 0 Å². The molecule has 0 saturated heterocycles. The molecule has 0 aliphatic carbocycles. The Hall–Kier alpha value is -2.11. The van der Waals surface area contributed by atoms with Crippen LogP contribution in [0.1, 0.15) is 55.6 Å². The fourth-order valence-corrected chi connectivity index (χ4v) is 3.64. The fraction of sp³-hybridized carbons (Fsp3) is 0.611. The molecule has 1 amide bonds. The summed E-state index contributed by atoms with van der Waals surface area (Å²) in [6, 6.07) is 0.0414. The molecule has 0 radical (unpaired) electrons. The van der Waals surface area contributed by atoms with Gasteiger partial charge in [0.2, 0.25) is 5.91 Å². The molecule has 24 heavy (non-hydrogen) atoms. The van der Waals surface area contributed by atoms with Gasteiger partial charge in [-0.1, -0.05) is 19.0 Å². The molecule has 0 saturated carbocycles. The molecule has 3 heterocycles. The maximum Gasteiger partial charge on any atom is 0.223 e. The summed E-state index contributed by atoms with van der Waals surface area (Å²) < 4.78 is 7.39. The summed E-state index contributed by atoms with van der Waals surface area (Å²) >= 11 is 0. The molecule has 0 N–H and O–H groups in total. The molecule has 1 unspecified atom stereocenters. The number of aromatic nitrogens is 3. The molecule has 6 nitrogen and oxygen atoms in total. The average molecular weight is 330 g/mol. The zero-order chi connectivity index (χ0) is 17.3. The van der Waals surface area contributed by atoms with Crippen LogP contribution in [0, 0.1) is 19.8 Å². The summed E-state index contributed by atoms with van der Waals surface area (Å²) in [6.07, 6.45) is 5.97. The van der Waals surface area contributed by atoms with Crippen molar-refractivity contribution in [1.29, 1.82) is 0 Å². The summed E-state index contributed by atoms with van der Waals surface area (Å²) in [6.45, 7) is 9.85. The first-order valence-electron chi connectivity index (χ1n) is 8.71. The first-order chi connectivity index (χ1) is 11.5. The van der Waals surface area contributed by atoms with Crippen molar-refractivity contribution in [2.75, 3.05) is 6.54 Å². The Balaban J connectivity index is 1.77. The Kier molecular flexibility index (Phi) is 4.73. The molecule has 0 bridgehead atoms. The van der Waals surface area contributed by atoms with Crippen LogP contribution in [-0.4, -0.2) is 32.1 Å². The first-order valence-corrected chi connectivity index (χ1v) is 8.71. The lowest BCUT2D eigenvalue weighted by Crippen LogP contribution is -2.38. The smallest absolute Gasteiger partial charge is 0.223 e. The second kappa shape index (κ2) is 6.79. The summed E-state index contributed by atoms with van der Waals surface area (Å²) in [7, 11) is 0. The second-order valence-electron chi connectivity index (χ2n) is 6.91. The first kappa shape index (κ1) is 16.7. The van der Waals surface area contributed by atoms with E-state index in [1.54, 1.807) is 0 Å². The van der Waals surface area contributed by atoms with E-state index in [0.29, 0.717) is 18.8 Å². The maximum atomic E-state index is 13.0. The molecular formula is C18H26N4O2. The van der Waals surface area contributed by atoms with Crippen molar-refractivity contribution in [2.45, 2.75) is 59.5 Å². The van der Waals surface area contributed by atoms with Gasteiger partial charge in [-0.15, -0.1) is 0 Å². The molecular weight excluding hydrogens is 304 g/mol. The quantitative estimate of drug-likeness (QED) is 0.864. The predicted molar refractivity (Wildman–Crippen MR) is 90.4 cm³/mol. The van der Waals surface area contributed by atoms with Crippen LogP contribution in [0.15, 0.2) is 16.9 Å². The van der Waals surface area contributed by atoms with Crippen LogP contribution in [0.25, 0.3) is 0 Å². The van der Waals surface area contributed by atoms with Crippen LogP contribution in [0.3, 0.4) is 0 Å². The summed E-state index contributed by atoms with van der Waals surface area (Å²) in [5, 5.41) is 3.97. The van der Waals surface area contributed by atoms with Gasteiger partial charge in [0.15, 0.2) is 0 Å². The van der Waals surface area contributed by atoms with Gasteiger partial charge >= 0.3 is 0 Å². The van der Waals surface area contributed by atoms with Gasteiger partial charge < -0.3 is 14.0 Å². The van der Waals surface area contributed by atoms with E-state index in [1.807, 2.05) is 31.1 Å². The molecule has 130 valence electrons. The number of carbonyl (C=O) groups excluding carboxylic acids is 1. The number of nitrogens with zero attached hydrogens (tertiary/aromatic N) is 4. The molecule has 1 aliphatic heterocycles. The summed E-state index contributed by atoms with van der Waals surface area (Å²) in [4.78, 5) is 19.5. The van der Waals surface area contributed by atoms with Crippen molar-refractivity contribution < 1.29 is 9.32 Å². The van der Waals surface area contributed by atoms with Gasteiger partial charge in [-0.2, -0.15) is 0 Å². The average Bonchev–Trinajstić information content (AvgIpc) is 3.06. The molecule has 6 heteroatoms. The number of aryl methyl sites for hydroxylation is 3. The lowest BCUT2D eigenvalue weighted by Gasteiger charge is -2.32. The Morgan fingerprint density at radius 3 is 2.83 bits per heavy atom. The third-order valence-electron chi connectivity index (χ3n) is 4.87. The van der Waals surface area contributed by atoms with Crippen LogP contribution in [0.2, 0.25) is 0 Å². The largest absolute Gasteiger partial charge is 0.361 e. The Labute approximate surface area is 142 Å². The Morgan fingerprint density at radius 2 is 2.17 bits per heavy atom. The van der Waals surface area contributed by atoms with E-state index >= 15 is 0 Å². The van der Waals surface area contributed by atoms with Gasteiger partial charge in [-0.05, 0) is 32.6 Å². The minimum absolute atomic E-state index is 0.0414. The van der Waals surface area contributed by atoms with E-state index in [2.05, 4.69) is 28.6 Å². The maximum absolute atomic E-state index is 13.0. The highest BCUT2D eigenvalue weighted by Crippen LogP contribution is 2.31. The number of imidazole rings is 1. The highest BCUT2D eigenvalue weighted by atomic mass is 16.5. The summed E-state index contributed by atoms with van der Waals surface area (Å²) in [5.41, 5.74) is 1.94. The van der Waals surface area contributed by atoms with Crippen molar-refractivity contribution in [3.05, 3.63) is 35.2 Å². The fourth-order valence-electron chi connectivity index (χ4n) is 3.64. The Morgan fingerprint density at radius 1 is 1.38 bits per heavy atom.